The average molecular weight is 320 g/mol. The fourth-order valence-electron chi connectivity index (χ4n) is 1.96. The molecule has 0 bridgehead atoms. The second-order valence-corrected chi connectivity index (χ2v) is 5.73. The monoisotopic (exact) mass is 319 g/mol. The summed E-state index contributed by atoms with van der Waals surface area (Å²) in [5, 5.41) is 0.988. The number of halogens is 1. The fourth-order valence-corrected chi connectivity index (χ4v) is 2.86. The highest BCUT2D eigenvalue weighted by molar-refractivity contribution is 7.22. The Morgan fingerprint density at radius 2 is 2.00 bits per heavy atom. The molecule has 3 aromatic rings. The number of carbonyl (C=O) groups is 1. The molecule has 0 fully saturated rings. The van der Waals surface area contributed by atoms with Crippen molar-refractivity contribution in [2.75, 3.05) is 12.8 Å². The van der Waals surface area contributed by atoms with Gasteiger partial charge in [-0.25, -0.2) is 14.8 Å². The Morgan fingerprint density at radius 3 is 2.67 bits per heavy atom. The third-order valence-electron chi connectivity index (χ3n) is 2.92. The van der Waals surface area contributed by atoms with Crippen molar-refractivity contribution in [1.82, 2.24) is 9.97 Å². The second kappa shape index (κ2) is 5.31. The molecule has 2 aromatic heterocycles. The third-order valence-corrected chi connectivity index (χ3v) is 4.08. The summed E-state index contributed by atoms with van der Waals surface area (Å²) in [7, 11) is 1.33. The summed E-state index contributed by atoms with van der Waals surface area (Å²) in [6, 6.07) is 8.85. The van der Waals surface area contributed by atoms with Gasteiger partial charge < -0.3 is 10.5 Å². The van der Waals surface area contributed by atoms with E-state index in [2.05, 4.69) is 9.97 Å². The lowest BCUT2D eigenvalue weighted by atomic mass is 10.1. The number of thiazole rings is 1. The van der Waals surface area contributed by atoms with Crippen molar-refractivity contribution in [3.8, 4) is 11.3 Å². The highest BCUT2D eigenvalue weighted by Crippen LogP contribution is 2.30. The van der Waals surface area contributed by atoms with E-state index in [1.54, 1.807) is 18.2 Å². The summed E-state index contributed by atoms with van der Waals surface area (Å²) in [5.41, 5.74) is 7.99. The van der Waals surface area contributed by atoms with E-state index in [0.717, 1.165) is 5.56 Å². The van der Waals surface area contributed by atoms with E-state index >= 15 is 0 Å². The van der Waals surface area contributed by atoms with Crippen molar-refractivity contribution < 1.29 is 9.53 Å². The number of hydrogen-bond acceptors (Lipinski definition) is 6. The van der Waals surface area contributed by atoms with Gasteiger partial charge in [0.2, 0.25) is 0 Å². The molecule has 21 heavy (non-hydrogen) atoms. The van der Waals surface area contributed by atoms with E-state index in [4.69, 9.17) is 22.1 Å². The van der Waals surface area contributed by atoms with Crippen molar-refractivity contribution in [1.29, 1.82) is 0 Å². The molecule has 106 valence electrons. The van der Waals surface area contributed by atoms with Crippen molar-refractivity contribution in [3.63, 3.8) is 0 Å². The molecule has 0 unspecified atom stereocenters. The molecule has 2 N–H and O–H groups in total. The van der Waals surface area contributed by atoms with Crippen molar-refractivity contribution in [3.05, 3.63) is 40.9 Å². The molecule has 0 aliphatic rings. The third kappa shape index (κ3) is 2.55. The zero-order valence-electron chi connectivity index (χ0n) is 11.0. The number of esters is 1. The standard InChI is InChI=1S/C14H10ClN3O2S/c1-20-13(19)9-6-10(7-2-4-8(15)5-3-7)17-12-11(9)21-14(16)18-12/h2-6H,1H3,(H2,16,17,18). The number of nitrogen functional groups attached to an aromatic ring is 1. The number of rotatable bonds is 2. The molecule has 1 aromatic carbocycles. The van der Waals surface area contributed by atoms with Crippen LogP contribution in [-0.4, -0.2) is 23.0 Å². The smallest absolute Gasteiger partial charge is 0.339 e. The minimum atomic E-state index is -0.443. The van der Waals surface area contributed by atoms with Gasteiger partial charge in [0.15, 0.2) is 10.8 Å². The molecule has 0 radical (unpaired) electrons. The molecule has 0 atom stereocenters. The number of ether oxygens (including phenoxy) is 1. The summed E-state index contributed by atoms with van der Waals surface area (Å²) < 4.78 is 5.44. The number of nitrogens with two attached hydrogens (primary N) is 1. The van der Waals surface area contributed by atoms with Gasteiger partial charge in [0, 0.05) is 10.6 Å². The van der Waals surface area contributed by atoms with Crippen LogP contribution in [0.3, 0.4) is 0 Å². The van der Waals surface area contributed by atoms with Crippen LogP contribution in [0, 0.1) is 0 Å². The maximum Gasteiger partial charge on any atom is 0.339 e. The number of pyridine rings is 1. The molecule has 0 aliphatic heterocycles. The summed E-state index contributed by atoms with van der Waals surface area (Å²) in [4.78, 5) is 20.5. The first-order chi connectivity index (χ1) is 10.1. The van der Waals surface area contributed by atoms with Crippen LogP contribution in [0.25, 0.3) is 21.6 Å². The lowest BCUT2D eigenvalue weighted by molar-refractivity contribution is 0.0603. The molecular formula is C14H10ClN3O2S. The molecule has 0 spiro atoms. The van der Waals surface area contributed by atoms with Crippen LogP contribution < -0.4 is 5.73 Å². The van der Waals surface area contributed by atoms with Gasteiger partial charge in [0.1, 0.15) is 0 Å². The number of carbonyl (C=O) groups excluding carboxylic acids is 1. The lowest BCUT2D eigenvalue weighted by Gasteiger charge is -2.05. The maximum absolute atomic E-state index is 11.9. The van der Waals surface area contributed by atoms with Crippen LogP contribution in [0.15, 0.2) is 30.3 Å². The molecule has 0 amide bonds. The van der Waals surface area contributed by atoms with Crippen molar-refractivity contribution in [2.45, 2.75) is 0 Å². The summed E-state index contributed by atoms with van der Waals surface area (Å²) in [6.45, 7) is 0. The maximum atomic E-state index is 11.9. The van der Waals surface area contributed by atoms with Crippen LogP contribution >= 0.6 is 22.9 Å². The first-order valence-electron chi connectivity index (χ1n) is 6.00. The molecular weight excluding hydrogens is 310 g/mol. The van der Waals surface area contributed by atoms with E-state index in [-0.39, 0.29) is 0 Å². The van der Waals surface area contributed by atoms with E-state index < -0.39 is 5.97 Å². The minimum absolute atomic E-state index is 0.357. The number of fused-ring (bicyclic) bond motifs is 1. The van der Waals surface area contributed by atoms with E-state index in [1.165, 1.54) is 18.4 Å². The first kappa shape index (κ1) is 13.8. The summed E-state index contributed by atoms with van der Waals surface area (Å²) in [5.74, 6) is -0.443. The van der Waals surface area contributed by atoms with Gasteiger partial charge in [-0.2, -0.15) is 0 Å². The number of aromatic nitrogens is 2. The predicted molar refractivity (Wildman–Crippen MR) is 83.6 cm³/mol. The van der Waals surface area contributed by atoms with Crippen LogP contribution in [0.5, 0.6) is 0 Å². The van der Waals surface area contributed by atoms with Crippen LogP contribution in [0.1, 0.15) is 10.4 Å². The Morgan fingerprint density at radius 1 is 1.29 bits per heavy atom. The zero-order valence-corrected chi connectivity index (χ0v) is 12.5. The Bertz CT molecular complexity index is 830. The topological polar surface area (TPSA) is 78.1 Å². The quantitative estimate of drug-likeness (QED) is 0.733. The second-order valence-electron chi connectivity index (χ2n) is 4.26. The van der Waals surface area contributed by atoms with Gasteiger partial charge in [-0.05, 0) is 18.2 Å². The molecule has 0 aliphatic carbocycles. The van der Waals surface area contributed by atoms with Crippen LogP contribution in [0.2, 0.25) is 5.02 Å². The number of methoxy groups -OCH3 is 1. The largest absolute Gasteiger partial charge is 0.465 e. The molecule has 5 nitrogen and oxygen atoms in total. The van der Waals surface area contributed by atoms with Gasteiger partial charge in [0.05, 0.1) is 23.1 Å². The predicted octanol–water partition coefficient (Wildman–Crippen LogP) is 3.38. The van der Waals surface area contributed by atoms with Gasteiger partial charge >= 0.3 is 5.97 Å². The van der Waals surface area contributed by atoms with Gasteiger partial charge in [0.25, 0.3) is 0 Å². The zero-order chi connectivity index (χ0) is 15.0. The van der Waals surface area contributed by atoms with Gasteiger partial charge in [-0.3, -0.25) is 0 Å². The lowest BCUT2D eigenvalue weighted by Crippen LogP contribution is -2.02. The number of hydrogen-bond donors (Lipinski definition) is 1. The number of nitrogens with zero attached hydrogens (tertiary/aromatic N) is 2. The van der Waals surface area contributed by atoms with Gasteiger partial charge in [-0.1, -0.05) is 35.1 Å². The average Bonchev–Trinajstić information content (AvgIpc) is 2.86. The van der Waals surface area contributed by atoms with Crippen LogP contribution in [-0.2, 0) is 4.74 Å². The Labute approximate surface area is 129 Å². The van der Waals surface area contributed by atoms with Crippen LogP contribution in [0.4, 0.5) is 5.13 Å². The molecule has 0 saturated heterocycles. The van der Waals surface area contributed by atoms with E-state index in [9.17, 15) is 4.79 Å². The Balaban J connectivity index is 2.24. The minimum Gasteiger partial charge on any atom is -0.465 e. The van der Waals surface area contributed by atoms with E-state index in [1.807, 2.05) is 12.1 Å². The normalized spacial score (nSPS) is 10.8. The highest BCUT2D eigenvalue weighted by Gasteiger charge is 2.17. The summed E-state index contributed by atoms with van der Waals surface area (Å²) in [6.07, 6.45) is 0. The first-order valence-corrected chi connectivity index (χ1v) is 7.19. The van der Waals surface area contributed by atoms with E-state index in [0.29, 0.717) is 31.8 Å². The molecule has 7 heteroatoms. The van der Waals surface area contributed by atoms with Crippen molar-refractivity contribution in [2.24, 2.45) is 0 Å². The number of anilines is 1. The van der Waals surface area contributed by atoms with Crippen molar-refractivity contribution >= 4 is 44.4 Å². The Kier molecular flexibility index (Phi) is 3.48. The SMILES string of the molecule is COC(=O)c1cc(-c2ccc(Cl)cc2)nc2nc(N)sc12. The fraction of sp³-hybridized carbons (Fsp3) is 0.0714. The highest BCUT2D eigenvalue weighted by atomic mass is 35.5. The summed E-state index contributed by atoms with van der Waals surface area (Å²) >= 11 is 7.09. The molecule has 0 saturated carbocycles. The molecule has 3 rings (SSSR count). The number of benzene rings is 1. The van der Waals surface area contributed by atoms with Gasteiger partial charge in [-0.15, -0.1) is 0 Å². The molecule has 2 heterocycles. The Hall–Kier alpha value is -2.18.